The Morgan fingerprint density at radius 2 is 1.68 bits per heavy atom. The second-order valence-electron chi connectivity index (χ2n) is 6.77. The zero-order chi connectivity index (χ0) is 22.2. The van der Waals surface area contributed by atoms with Gasteiger partial charge in [0, 0.05) is 3.57 Å². The molecule has 0 radical (unpaired) electrons. The highest BCUT2D eigenvalue weighted by Gasteiger charge is 2.11. The molecule has 1 amide bonds. The summed E-state index contributed by atoms with van der Waals surface area (Å²) in [7, 11) is 0. The summed E-state index contributed by atoms with van der Waals surface area (Å²) >= 11 is 2.09. The maximum absolute atomic E-state index is 12.3. The van der Waals surface area contributed by atoms with Crippen molar-refractivity contribution in [2.75, 3.05) is 6.61 Å². The predicted molar refractivity (Wildman–Crippen MR) is 128 cm³/mol. The number of benzene rings is 3. The SMILES string of the molecule is Cc1ccc(OCC(=O)NN=Cc2ccc(OC(=O)c3ccccc3I)cc2)cc1C. The van der Waals surface area contributed by atoms with Gasteiger partial charge in [0.15, 0.2) is 6.61 Å². The molecule has 3 rings (SSSR count). The summed E-state index contributed by atoms with van der Waals surface area (Å²) < 4.78 is 11.7. The maximum atomic E-state index is 12.3. The number of hydrogen-bond donors (Lipinski definition) is 1. The van der Waals surface area contributed by atoms with Crippen LogP contribution in [-0.2, 0) is 4.79 Å². The van der Waals surface area contributed by atoms with E-state index in [0.717, 1.165) is 20.3 Å². The summed E-state index contributed by atoms with van der Waals surface area (Å²) in [5.74, 6) is 0.283. The predicted octanol–water partition coefficient (Wildman–Crippen LogP) is 4.66. The van der Waals surface area contributed by atoms with E-state index in [9.17, 15) is 9.59 Å². The Kier molecular flexibility index (Phi) is 7.77. The summed E-state index contributed by atoms with van der Waals surface area (Å²) in [4.78, 5) is 24.1. The van der Waals surface area contributed by atoms with Crippen LogP contribution in [0.2, 0.25) is 0 Å². The van der Waals surface area contributed by atoms with Crippen molar-refractivity contribution in [2.24, 2.45) is 5.10 Å². The number of carbonyl (C=O) groups is 2. The van der Waals surface area contributed by atoms with Crippen molar-refractivity contribution >= 4 is 40.7 Å². The van der Waals surface area contributed by atoms with Crippen LogP contribution in [0.15, 0.2) is 71.8 Å². The van der Waals surface area contributed by atoms with Crippen molar-refractivity contribution in [1.29, 1.82) is 0 Å². The minimum Gasteiger partial charge on any atom is -0.484 e. The van der Waals surface area contributed by atoms with Crippen molar-refractivity contribution < 1.29 is 19.1 Å². The Balaban J connectivity index is 1.47. The lowest BCUT2D eigenvalue weighted by atomic mass is 10.1. The van der Waals surface area contributed by atoms with Gasteiger partial charge in [0.1, 0.15) is 11.5 Å². The van der Waals surface area contributed by atoms with Crippen LogP contribution in [0.25, 0.3) is 0 Å². The highest BCUT2D eigenvalue weighted by Crippen LogP contribution is 2.17. The Morgan fingerprint density at radius 1 is 0.968 bits per heavy atom. The van der Waals surface area contributed by atoms with Gasteiger partial charge in [-0.2, -0.15) is 5.10 Å². The number of hydrogen-bond acceptors (Lipinski definition) is 5. The molecule has 158 valence electrons. The van der Waals surface area contributed by atoms with Crippen LogP contribution in [0.3, 0.4) is 0 Å². The standard InChI is InChI=1S/C24H21IN2O4/c1-16-7-10-20(13-17(16)2)30-15-23(28)27-26-14-18-8-11-19(12-9-18)31-24(29)21-5-3-4-6-22(21)25/h3-14H,15H2,1-2H3,(H,27,28). The molecule has 31 heavy (non-hydrogen) atoms. The number of nitrogens with one attached hydrogen (secondary N) is 1. The average Bonchev–Trinajstić information content (AvgIpc) is 2.76. The molecular weight excluding hydrogens is 507 g/mol. The van der Waals surface area contributed by atoms with Gasteiger partial charge < -0.3 is 9.47 Å². The van der Waals surface area contributed by atoms with E-state index in [0.29, 0.717) is 17.1 Å². The number of hydrazone groups is 1. The number of nitrogens with zero attached hydrogens (tertiary/aromatic N) is 1. The number of ether oxygens (including phenoxy) is 2. The first-order valence-electron chi connectivity index (χ1n) is 9.51. The molecule has 0 bridgehead atoms. The van der Waals surface area contributed by atoms with Crippen LogP contribution >= 0.6 is 22.6 Å². The lowest BCUT2D eigenvalue weighted by Gasteiger charge is -2.07. The Hall–Kier alpha value is -3.20. The van der Waals surface area contributed by atoms with E-state index in [1.807, 2.05) is 44.2 Å². The monoisotopic (exact) mass is 528 g/mol. The van der Waals surface area contributed by atoms with Gasteiger partial charge in [-0.05, 0) is 102 Å². The molecule has 7 heteroatoms. The van der Waals surface area contributed by atoms with Crippen molar-refractivity contribution in [3.8, 4) is 11.5 Å². The van der Waals surface area contributed by atoms with Crippen LogP contribution < -0.4 is 14.9 Å². The van der Waals surface area contributed by atoms with Crippen molar-refractivity contribution in [3.05, 3.63) is 92.6 Å². The largest absolute Gasteiger partial charge is 0.484 e. The molecule has 0 aromatic heterocycles. The summed E-state index contributed by atoms with van der Waals surface area (Å²) in [5.41, 5.74) is 5.94. The Bertz CT molecular complexity index is 1110. The highest BCUT2D eigenvalue weighted by molar-refractivity contribution is 14.1. The van der Waals surface area contributed by atoms with E-state index >= 15 is 0 Å². The van der Waals surface area contributed by atoms with E-state index in [1.165, 1.54) is 6.21 Å². The van der Waals surface area contributed by atoms with Gasteiger partial charge in [-0.15, -0.1) is 0 Å². The van der Waals surface area contributed by atoms with Crippen molar-refractivity contribution in [3.63, 3.8) is 0 Å². The Morgan fingerprint density at radius 3 is 2.39 bits per heavy atom. The zero-order valence-electron chi connectivity index (χ0n) is 17.1. The third-order valence-electron chi connectivity index (χ3n) is 4.44. The molecule has 0 aliphatic rings. The number of halogens is 1. The molecule has 0 spiro atoms. The molecule has 0 atom stereocenters. The fourth-order valence-electron chi connectivity index (χ4n) is 2.57. The molecular formula is C24H21IN2O4. The van der Waals surface area contributed by atoms with Crippen LogP contribution in [0.1, 0.15) is 27.0 Å². The van der Waals surface area contributed by atoms with Crippen LogP contribution in [0.5, 0.6) is 11.5 Å². The number of esters is 1. The third kappa shape index (κ3) is 6.65. The molecule has 0 saturated heterocycles. The number of amides is 1. The molecule has 0 aliphatic carbocycles. The van der Waals surface area contributed by atoms with Gasteiger partial charge in [0.25, 0.3) is 5.91 Å². The number of rotatable bonds is 7. The fourth-order valence-corrected chi connectivity index (χ4v) is 3.18. The third-order valence-corrected chi connectivity index (χ3v) is 5.38. The first kappa shape index (κ1) is 22.5. The van der Waals surface area contributed by atoms with Gasteiger partial charge in [0.2, 0.25) is 0 Å². The molecule has 3 aromatic rings. The smallest absolute Gasteiger partial charge is 0.344 e. The first-order chi connectivity index (χ1) is 14.9. The summed E-state index contributed by atoms with van der Waals surface area (Å²) in [6, 6.07) is 19.7. The van der Waals surface area contributed by atoms with Gasteiger partial charge in [-0.1, -0.05) is 18.2 Å². The second kappa shape index (κ2) is 10.7. The van der Waals surface area contributed by atoms with E-state index in [-0.39, 0.29) is 12.5 Å². The first-order valence-corrected chi connectivity index (χ1v) is 10.6. The fraction of sp³-hybridized carbons (Fsp3) is 0.125. The quantitative estimate of drug-likeness (QED) is 0.159. The maximum Gasteiger partial charge on any atom is 0.344 e. The highest BCUT2D eigenvalue weighted by atomic mass is 127. The van der Waals surface area contributed by atoms with Crippen LogP contribution in [0.4, 0.5) is 0 Å². The van der Waals surface area contributed by atoms with Crippen LogP contribution in [0, 0.1) is 17.4 Å². The lowest BCUT2D eigenvalue weighted by molar-refractivity contribution is -0.123. The molecule has 0 saturated carbocycles. The van der Waals surface area contributed by atoms with Crippen LogP contribution in [-0.4, -0.2) is 24.7 Å². The van der Waals surface area contributed by atoms with Gasteiger partial charge in [-0.3, -0.25) is 4.79 Å². The van der Waals surface area contributed by atoms with E-state index in [2.05, 4.69) is 33.1 Å². The molecule has 0 unspecified atom stereocenters. The molecule has 0 fully saturated rings. The van der Waals surface area contributed by atoms with Gasteiger partial charge in [0.05, 0.1) is 11.8 Å². The minimum absolute atomic E-state index is 0.132. The minimum atomic E-state index is -0.414. The molecule has 3 aromatic carbocycles. The zero-order valence-corrected chi connectivity index (χ0v) is 19.3. The number of aryl methyl sites for hydroxylation is 2. The van der Waals surface area contributed by atoms with Gasteiger partial charge >= 0.3 is 5.97 Å². The lowest BCUT2D eigenvalue weighted by Crippen LogP contribution is -2.24. The number of carbonyl (C=O) groups excluding carboxylic acids is 2. The van der Waals surface area contributed by atoms with E-state index in [4.69, 9.17) is 9.47 Å². The summed E-state index contributed by atoms with van der Waals surface area (Å²) in [6.45, 7) is 3.87. The van der Waals surface area contributed by atoms with Crippen molar-refractivity contribution in [2.45, 2.75) is 13.8 Å². The van der Waals surface area contributed by atoms with E-state index in [1.54, 1.807) is 36.4 Å². The topological polar surface area (TPSA) is 77.0 Å². The molecule has 0 heterocycles. The van der Waals surface area contributed by atoms with E-state index < -0.39 is 5.97 Å². The average molecular weight is 528 g/mol. The summed E-state index contributed by atoms with van der Waals surface area (Å²) in [5, 5.41) is 3.92. The second-order valence-corrected chi connectivity index (χ2v) is 7.93. The van der Waals surface area contributed by atoms with Crippen molar-refractivity contribution in [1.82, 2.24) is 5.43 Å². The normalized spacial score (nSPS) is 10.7. The Labute approximate surface area is 194 Å². The molecule has 0 aliphatic heterocycles. The molecule has 1 N–H and O–H groups in total. The summed E-state index contributed by atoms with van der Waals surface area (Å²) in [6.07, 6.45) is 1.50. The molecule has 6 nitrogen and oxygen atoms in total. The van der Waals surface area contributed by atoms with Gasteiger partial charge in [-0.25, -0.2) is 10.2 Å².